The molecular formula is C56H40N2. The second-order valence-electron chi connectivity index (χ2n) is 14.6. The van der Waals surface area contributed by atoms with Crippen LogP contribution in [0.3, 0.4) is 0 Å². The Bertz CT molecular complexity index is 2900. The average Bonchev–Trinajstić information content (AvgIpc) is 3.30. The highest BCUT2D eigenvalue weighted by Crippen LogP contribution is 2.43. The second-order valence-corrected chi connectivity index (χ2v) is 14.6. The van der Waals surface area contributed by atoms with Crippen LogP contribution < -0.4 is 9.80 Å². The van der Waals surface area contributed by atoms with Crippen LogP contribution in [0.25, 0.3) is 54.9 Å². The highest BCUT2D eigenvalue weighted by Gasteiger charge is 2.18. The SMILES string of the molecule is c1ccc(-c2cccc(-c3ccc4cc(N(c5ccccc5)c5ccccc5)ccc4c3)c2-c2ccc3cc(N(c4ccccc4)c4ccccc4)ccc3c2)cc1. The van der Waals surface area contributed by atoms with Crippen molar-refractivity contribution in [3.63, 3.8) is 0 Å². The number of fused-ring (bicyclic) bond motifs is 2. The van der Waals surface area contributed by atoms with Gasteiger partial charge in [-0.3, -0.25) is 0 Å². The summed E-state index contributed by atoms with van der Waals surface area (Å²) in [6, 6.07) is 87.3. The van der Waals surface area contributed by atoms with E-state index >= 15 is 0 Å². The molecule has 0 heterocycles. The van der Waals surface area contributed by atoms with E-state index in [1.807, 2.05) is 0 Å². The summed E-state index contributed by atoms with van der Waals surface area (Å²) in [4.78, 5) is 4.64. The number of anilines is 6. The first kappa shape index (κ1) is 34.8. The van der Waals surface area contributed by atoms with Crippen molar-refractivity contribution >= 4 is 55.7 Å². The predicted molar refractivity (Wildman–Crippen MR) is 247 cm³/mol. The molecule has 0 saturated heterocycles. The molecule has 0 saturated carbocycles. The predicted octanol–water partition coefficient (Wildman–Crippen LogP) is 15.9. The molecule has 10 aromatic rings. The third kappa shape index (κ3) is 6.78. The number of rotatable bonds is 9. The zero-order valence-electron chi connectivity index (χ0n) is 32.0. The van der Waals surface area contributed by atoms with Gasteiger partial charge in [-0.05, 0) is 140 Å². The molecule has 2 heteroatoms. The van der Waals surface area contributed by atoms with Gasteiger partial charge in [0.05, 0.1) is 0 Å². The van der Waals surface area contributed by atoms with Gasteiger partial charge in [0.25, 0.3) is 0 Å². The largest absolute Gasteiger partial charge is 0.310 e. The van der Waals surface area contributed by atoms with Crippen molar-refractivity contribution in [1.82, 2.24) is 0 Å². The van der Waals surface area contributed by atoms with E-state index in [1.165, 1.54) is 54.9 Å². The number of para-hydroxylation sites is 4. The molecule has 0 aliphatic carbocycles. The van der Waals surface area contributed by atoms with Crippen molar-refractivity contribution in [2.45, 2.75) is 0 Å². The summed E-state index contributed by atoms with van der Waals surface area (Å²) in [5, 5.41) is 4.79. The number of benzene rings is 10. The normalized spacial score (nSPS) is 11.1. The molecule has 0 spiro atoms. The van der Waals surface area contributed by atoms with E-state index in [2.05, 4.69) is 252 Å². The molecule has 0 aliphatic rings. The van der Waals surface area contributed by atoms with Crippen LogP contribution in [0.2, 0.25) is 0 Å². The lowest BCUT2D eigenvalue weighted by molar-refractivity contribution is 1.29. The minimum atomic E-state index is 1.12. The summed E-state index contributed by atoms with van der Waals surface area (Å²) in [5.41, 5.74) is 14.0. The Morgan fingerprint density at radius 3 is 1.00 bits per heavy atom. The minimum absolute atomic E-state index is 1.12. The molecule has 0 amide bonds. The van der Waals surface area contributed by atoms with E-state index in [-0.39, 0.29) is 0 Å². The smallest absolute Gasteiger partial charge is 0.0468 e. The van der Waals surface area contributed by atoms with Crippen molar-refractivity contribution in [1.29, 1.82) is 0 Å². The third-order valence-electron chi connectivity index (χ3n) is 11.0. The van der Waals surface area contributed by atoms with Crippen molar-refractivity contribution in [2.24, 2.45) is 0 Å². The Kier molecular flexibility index (Phi) is 9.27. The Balaban J connectivity index is 1.07. The molecule has 10 rings (SSSR count). The number of hydrogen-bond donors (Lipinski definition) is 0. The lowest BCUT2D eigenvalue weighted by Crippen LogP contribution is -2.09. The van der Waals surface area contributed by atoms with Gasteiger partial charge in [-0.2, -0.15) is 0 Å². The van der Waals surface area contributed by atoms with Gasteiger partial charge in [0.15, 0.2) is 0 Å². The average molecular weight is 741 g/mol. The third-order valence-corrected chi connectivity index (χ3v) is 11.0. The topological polar surface area (TPSA) is 6.48 Å². The fraction of sp³-hybridized carbons (Fsp3) is 0. The van der Waals surface area contributed by atoms with Crippen LogP contribution >= 0.6 is 0 Å². The summed E-state index contributed by atoms with van der Waals surface area (Å²) < 4.78 is 0. The highest BCUT2D eigenvalue weighted by atomic mass is 15.1. The maximum atomic E-state index is 2.36. The van der Waals surface area contributed by atoms with Gasteiger partial charge in [-0.25, -0.2) is 0 Å². The molecule has 0 radical (unpaired) electrons. The van der Waals surface area contributed by atoms with Crippen LogP contribution in [0.1, 0.15) is 0 Å². The van der Waals surface area contributed by atoms with Gasteiger partial charge >= 0.3 is 0 Å². The molecule has 0 aliphatic heterocycles. The molecule has 0 fully saturated rings. The second kappa shape index (κ2) is 15.5. The number of nitrogens with zero attached hydrogens (tertiary/aromatic N) is 2. The number of hydrogen-bond acceptors (Lipinski definition) is 2. The van der Waals surface area contributed by atoms with Crippen molar-refractivity contribution in [2.75, 3.05) is 9.80 Å². The van der Waals surface area contributed by atoms with Crippen molar-refractivity contribution < 1.29 is 0 Å². The Labute approximate surface area is 340 Å². The van der Waals surface area contributed by atoms with Gasteiger partial charge in [0.2, 0.25) is 0 Å². The van der Waals surface area contributed by atoms with Gasteiger partial charge in [0.1, 0.15) is 0 Å². The summed E-state index contributed by atoms with van der Waals surface area (Å²) >= 11 is 0. The Morgan fingerprint density at radius 2 is 0.552 bits per heavy atom. The van der Waals surface area contributed by atoms with E-state index in [1.54, 1.807) is 0 Å². The van der Waals surface area contributed by atoms with Crippen molar-refractivity contribution in [3.8, 4) is 33.4 Å². The van der Waals surface area contributed by atoms with Crippen LogP contribution in [-0.2, 0) is 0 Å². The molecule has 0 bridgehead atoms. The highest BCUT2D eigenvalue weighted by molar-refractivity contribution is 6.01. The van der Waals surface area contributed by atoms with Gasteiger partial charge in [0, 0.05) is 34.1 Å². The maximum Gasteiger partial charge on any atom is 0.0468 e. The van der Waals surface area contributed by atoms with E-state index in [0.717, 1.165) is 34.1 Å². The molecule has 0 atom stereocenters. The fourth-order valence-electron chi connectivity index (χ4n) is 8.23. The summed E-state index contributed by atoms with van der Waals surface area (Å²) in [5.74, 6) is 0. The van der Waals surface area contributed by atoms with E-state index < -0.39 is 0 Å². The first-order valence-corrected chi connectivity index (χ1v) is 19.8. The fourth-order valence-corrected chi connectivity index (χ4v) is 8.23. The molecule has 0 unspecified atom stereocenters. The van der Waals surface area contributed by atoms with Crippen LogP contribution in [0.15, 0.2) is 243 Å². The minimum Gasteiger partial charge on any atom is -0.310 e. The lowest BCUT2D eigenvalue weighted by Gasteiger charge is -2.26. The Morgan fingerprint density at radius 1 is 0.207 bits per heavy atom. The monoisotopic (exact) mass is 740 g/mol. The molecule has 274 valence electrons. The van der Waals surface area contributed by atoms with E-state index in [0.29, 0.717) is 0 Å². The van der Waals surface area contributed by atoms with Crippen LogP contribution in [0.4, 0.5) is 34.1 Å². The molecule has 0 N–H and O–H groups in total. The maximum absolute atomic E-state index is 2.36. The van der Waals surface area contributed by atoms with Gasteiger partial charge in [-0.15, -0.1) is 0 Å². The van der Waals surface area contributed by atoms with Crippen molar-refractivity contribution in [3.05, 3.63) is 243 Å². The zero-order chi connectivity index (χ0) is 38.7. The van der Waals surface area contributed by atoms with Gasteiger partial charge < -0.3 is 9.80 Å². The first-order valence-electron chi connectivity index (χ1n) is 19.8. The Hall–Kier alpha value is -7.68. The van der Waals surface area contributed by atoms with Gasteiger partial charge in [-0.1, -0.05) is 158 Å². The van der Waals surface area contributed by atoms with Crippen LogP contribution in [0, 0.1) is 0 Å². The van der Waals surface area contributed by atoms with E-state index in [9.17, 15) is 0 Å². The first-order chi connectivity index (χ1) is 28.8. The molecule has 10 aromatic carbocycles. The molecular weight excluding hydrogens is 701 g/mol. The molecule has 58 heavy (non-hydrogen) atoms. The quantitative estimate of drug-likeness (QED) is 0.145. The van der Waals surface area contributed by atoms with Crippen LogP contribution in [0.5, 0.6) is 0 Å². The van der Waals surface area contributed by atoms with E-state index in [4.69, 9.17) is 0 Å². The molecule has 2 nitrogen and oxygen atoms in total. The van der Waals surface area contributed by atoms with Crippen LogP contribution in [-0.4, -0.2) is 0 Å². The zero-order valence-corrected chi connectivity index (χ0v) is 32.0. The summed E-state index contributed by atoms with van der Waals surface area (Å²) in [7, 11) is 0. The lowest BCUT2D eigenvalue weighted by atomic mass is 9.86. The standard InChI is InChI=1S/C56H40N2/c1-6-17-41(18-7-1)54-27-16-28-55(46-31-29-44-39-52(35-33-42(44)37-46)57(48-19-8-2-9-20-48)49-21-10-3-11-22-49)56(54)47-32-30-45-40-53(36-34-43(45)38-47)58(50-23-12-4-13-24-50)51-25-14-5-15-26-51/h1-40H. The molecule has 0 aromatic heterocycles. The summed E-state index contributed by atoms with van der Waals surface area (Å²) in [6.07, 6.45) is 0. The summed E-state index contributed by atoms with van der Waals surface area (Å²) in [6.45, 7) is 0.